The van der Waals surface area contributed by atoms with Crippen LogP contribution in [0.15, 0.2) is 48.5 Å². The average molecular weight is 411 g/mol. The van der Waals surface area contributed by atoms with Gasteiger partial charge in [-0.05, 0) is 42.3 Å². The molecule has 0 bridgehead atoms. The smallest absolute Gasteiger partial charge is 0.316 e. The van der Waals surface area contributed by atoms with Crippen molar-refractivity contribution in [3.63, 3.8) is 0 Å². The Balaban J connectivity index is 1.63. The van der Waals surface area contributed by atoms with E-state index in [1.54, 1.807) is 30.3 Å². The van der Waals surface area contributed by atoms with E-state index in [4.69, 9.17) is 10.00 Å². The van der Waals surface area contributed by atoms with E-state index in [1.807, 2.05) is 31.2 Å². The van der Waals surface area contributed by atoms with Crippen LogP contribution >= 0.6 is 11.8 Å². The summed E-state index contributed by atoms with van der Waals surface area (Å²) in [6.45, 7) is 1.52. The summed E-state index contributed by atoms with van der Waals surface area (Å²) in [6.07, 6.45) is 0.298. The third-order valence-corrected chi connectivity index (χ3v) is 4.55. The Hall–Kier alpha value is -3.31. The van der Waals surface area contributed by atoms with Gasteiger partial charge in [0.25, 0.3) is 5.91 Å². The van der Waals surface area contributed by atoms with Gasteiger partial charge in [0, 0.05) is 11.4 Å². The fourth-order valence-corrected chi connectivity index (χ4v) is 2.94. The van der Waals surface area contributed by atoms with Gasteiger partial charge in [-0.1, -0.05) is 24.3 Å². The fourth-order valence-electron chi connectivity index (χ4n) is 2.33. The molecule has 0 saturated carbocycles. The summed E-state index contributed by atoms with van der Waals surface area (Å²) in [5, 5.41) is 14.0. The number of nitrogens with one attached hydrogen (secondary N) is 2. The normalized spacial score (nSPS) is 9.93. The summed E-state index contributed by atoms with van der Waals surface area (Å²) >= 11 is 1.11. The first-order valence-corrected chi connectivity index (χ1v) is 9.97. The molecule has 0 fully saturated rings. The van der Waals surface area contributed by atoms with Crippen molar-refractivity contribution >= 4 is 40.9 Å². The van der Waals surface area contributed by atoms with Crippen LogP contribution in [0.5, 0.6) is 0 Å². The summed E-state index contributed by atoms with van der Waals surface area (Å²) in [5.41, 5.74) is 3.14. The molecule has 0 unspecified atom stereocenters. The molecule has 0 saturated heterocycles. The number of benzene rings is 2. The maximum Gasteiger partial charge on any atom is 0.316 e. The number of carbonyl (C=O) groups is 3. The highest BCUT2D eigenvalue weighted by molar-refractivity contribution is 8.00. The second-order valence-electron chi connectivity index (χ2n) is 6.15. The van der Waals surface area contributed by atoms with E-state index in [0.717, 1.165) is 22.9 Å². The second kappa shape index (κ2) is 11.5. The van der Waals surface area contributed by atoms with Crippen LogP contribution in [0, 0.1) is 18.3 Å². The number of nitrogens with zero attached hydrogens (tertiary/aromatic N) is 1. The lowest BCUT2D eigenvalue weighted by Crippen LogP contribution is -2.22. The van der Waals surface area contributed by atoms with Crippen molar-refractivity contribution in [2.75, 3.05) is 28.7 Å². The predicted octanol–water partition coefficient (Wildman–Crippen LogP) is 2.91. The highest BCUT2D eigenvalue weighted by atomic mass is 32.2. The SMILES string of the molecule is Cc1cccc(NC(=O)CSCC(=O)OCC(=O)Nc2ccc(CC#N)cc2)c1. The Morgan fingerprint density at radius 1 is 1.00 bits per heavy atom. The van der Waals surface area contributed by atoms with Gasteiger partial charge in [-0.2, -0.15) is 5.26 Å². The first kappa shape index (κ1) is 22.0. The molecule has 2 amide bonds. The molecule has 0 atom stereocenters. The molecule has 2 aromatic carbocycles. The number of amides is 2. The van der Waals surface area contributed by atoms with Crippen LogP contribution in [0.25, 0.3) is 0 Å². The molecule has 0 spiro atoms. The molecular weight excluding hydrogens is 390 g/mol. The Kier molecular flexibility index (Phi) is 8.73. The number of anilines is 2. The molecular formula is C21H21N3O4S. The van der Waals surface area contributed by atoms with Crippen molar-refractivity contribution in [2.24, 2.45) is 0 Å². The van der Waals surface area contributed by atoms with Gasteiger partial charge < -0.3 is 15.4 Å². The number of hydrogen-bond donors (Lipinski definition) is 2. The molecule has 7 nitrogen and oxygen atoms in total. The topological polar surface area (TPSA) is 108 Å². The quantitative estimate of drug-likeness (QED) is 0.614. The van der Waals surface area contributed by atoms with Gasteiger partial charge in [0.05, 0.1) is 24.0 Å². The highest BCUT2D eigenvalue weighted by Gasteiger charge is 2.10. The van der Waals surface area contributed by atoms with Gasteiger partial charge in [0.15, 0.2) is 6.61 Å². The van der Waals surface area contributed by atoms with Crippen molar-refractivity contribution in [1.82, 2.24) is 0 Å². The molecule has 0 aliphatic carbocycles. The lowest BCUT2D eigenvalue weighted by molar-refractivity contribution is -0.144. The molecule has 0 aliphatic rings. The largest absolute Gasteiger partial charge is 0.455 e. The molecule has 0 radical (unpaired) electrons. The van der Waals surface area contributed by atoms with Crippen LogP contribution in [0.2, 0.25) is 0 Å². The minimum atomic E-state index is -0.571. The van der Waals surface area contributed by atoms with Crippen LogP contribution in [0.3, 0.4) is 0 Å². The van der Waals surface area contributed by atoms with Crippen LogP contribution in [-0.4, -0.2) is 35.9 Å². The minimum Gasteiger partial charge on any atom is -0.455 e. The molecule has 2 N–H and O–H groups in total. The Morgan fingerprint density at radius 2 is 1.72 bits per heavy atom. The molecule has 2 rings (SSSR count). The maximum atomic E-state index is 11.9. The number of carbonyl (C=O) groups excluding carboxylic acids is 3. The predicted molar refractivity (Wildman–Crippen MR) is 112 cm³/mol. The van der Waals surface area contributed by atoms with Gasteiger partial charge in [0.1, 0.15) is 0 Å². The van der Waals surface area contributed by atoms with Gasteiger partial charge in [-0.3, -0.25) is 14.4 Å². The van der Waals surface area contributed by atoms with E-state index in [2.05, 4.69) is 10.6 Å². The van der Waals surface area contributed by atoms with E-state index in [-0.39, 0.29) is 17.4 Å². The number of rotatable bonds is 9. The fraction of sp³-hybridized carbons (Fsp3) is 0.238. The number of nitriles is 1. The van der Waals surface area contributed by atoms with Gasteiger partial charge in [0.2, 0.25) is 5.91 Å². The molecule has 2 aromatic rings. The third kappa shape index (κ3) is 8.49. The first-order valence-electron chi connectivity index (χ1n) is 8.82. The number of aryl methyl sites for hydroxylation is 1. The summed E-state index contributed by atoms with van der Waals surface area (Å²) in [7, 11) is 0. The van der Waals surface area contributed by atoms with Crippen molar-refractivity contribution in [1.29, 1.82) is 5.26 Å². The van der Waals surface area contributed by atoms with E-state index in [9.17, 15) is 14.4 Å². The zero-order valence-electron chi connectivity index (χ0n) is 15.9. The van der Waals surface area contributed by atoms with Crippen LogP contribution < -0.4 is 10.6 Å². The molecule has 0 aliphatic heterocycles. The van der Waals surface area contributed by atoms with Crippen molar-refractivity contribution in [3.8, 4) is 6.07 Å². The van der Waals surface area contributed by atoms with Crippen LogP contribution in [0.4, 0.5) is 11.4 Å². The van der Waals surface area contributed by atoms with E-state index in [0.29, 0.717) is 17.8 Å². The van der Waals surface area contributed by atoms with E-state index < -0.39 is 18.5 Å². The lowest BCUT2D eigenvalue weighted by Gasteiger charge is -2.08. The highest BCUT2D eigenvalue weighted by Crippen LogP contribution is 2.11. The first-order chi connectivity index (χ1) is 14.0. The average Bonchev–Trinajstić information content (AvgIpc) is 2.68. The monoisotopic (exact) mass is 411 g/mol. The van der Waals surface area contributed by atoms with Crippen molar-refractivity contribution < 1.29 is 19.1 Å². The zero-order chi connectivity index (χ0) is 21.1. The van der Waals surface area contributed by atoms with Gasteiger partial charge in [-0.15, -0.1) is 11.8 Å². The van der Waals surface area contributed by atoms with Crippen molar-refractivity contribution in [2.45, 2.75) is 13.3 Å². The Labute approximate surface area is 173 Å². The second-order valence-corrected chi connectivity index (χ2v) is 7.14. The Bertz CT molecular complexity index is 907. The number of esters is 1. The zero-order valence-corrected chi connectivity index (χ0v) is 16.8. The van der Waals surface area contributed by atoms with Gasteiger partial charge in [-0.25, -0.2) is 0 Å². The molecule has 150 valence electrons. The lowest BCUT2D eigenvalue weighted by atomic mass is 10.1. The van der Waals surface area contributed by atoms with Crippen molar-refractivity contribution in [3.05, 3.63) is 59.7 Å². The molecule has 8 heteroatoms. The maximum absolute atomic E-state index is 11.9. The van der Waals surface area contributed by atoms with E-state index >= 15 is 0 Å². The standard InChI is InChI=1S/C21H21N3O4S/c1-15-3-2-4-18(11-15)24-20(26)13-29-14-21(27)28-12-19(25)23-17-7-5-16(6-8-17)9-10-22/h2-8,11H,9,12-14H2,1H3,(H,23,25)(H,24,26). The molecule has 0 aromatic heterocycles. The molecule has 0 heterocycles. The van der Waals surface area contributed by atoms with E-state index in [1.165, 1.54) is 0 Å². The minimum absolute atomic E-state index is 0.0304. The third-order valence-electron chi connectivity index (χ3n) is 3.64. The number of ether oxygens (including phenoxy) is 1. The summed E-state index contributed by atoms with van der Waals surface area (Å²) in [6, 6.07) is 16.3. The summed E-state index contributed by atoms with van der Waals surface area (Å²) in [5.74, 6) is -1.18. The molecule has 29 heavy (non-hydrogen) atoms. The van der Waals surface area contributed by atoms with Crippen LogP contribution in [-0.2, 0) is 25.5 Å². The summed E-state index contributed by atoms with van der Waals surface area (Å²) in [4.78, 5) is 35.4. The number of thioether (sulfide) groups is 1. The summed E-state index contributed by atoms with van der Waals surface area (Å²) < 4.78 is 4.91. The van der Waals surface area contributed by atoms with Gasteiger partial charge >= 0.3 is 5.97 Å². The van der Waals surface area contributed by atoms with Crippen LogP contribution in [0.1, 0.15) is 11.1 Å². The number of hydrogen-bond acceptors (Lipinski definition) is 6. The Morgan fingerprint density at radius 3 is 2.41 bits per heavy atom.